The summed E-state index contributed by atoms with van der Waals surface area (Å²) in [6, 6.07) is 15.4. The second-order valence-corrected chi connectivity index (χ2v) is 6.96. The molecule has 2 aromatic rings. The number of aryl methyl sites for hydroxylation is 1. The molecule has 2 heterocycles. The minimum Gasteiger partial charge on any atom is -0.489 e. The number of nitrogens with one attached hydrogen (secondary N) is 1. The van der Waals surface area contributed by atoms with Crippen molar-refractivity contribution in [2.45, 2.75) is 32.4 Å². The van der Waals surface area contributed by atoms with Gasteiger partial charge in [0, 0.05) is 18.7 Å². The van der Waals surface area contributed by atoms with E-state index in [4.69, 9.17) is 4.74 Å². The molecule has 3 nitrogen and oxygen atoms in total. The van der Waals surface area contributed by atoms with Crippen LogP contribution in [0, 0.1) is 6.92 Å². The van der Waals surface area contributed by atoms with Gasteiger partial charge >= 0.3 is 0 Å². The Balaban J connectivity index is 1.61. The van der Waals surface area contributed by atoms with Crippen LogP contribution in [0.4, 0.5) is 0 Å². The summed E-state index contributed by atoms with van der Waals surface area (Å²) in [4.78, 5) is 2.56. The van der Waals surface area contributed by atoms with Crippen molar-refractivity contribution < 1.29 is 4.74 Å². The third kappa shape index (κ3) is 3.19. The summed E-state index contributed by atoms with van der Waals surface area (Å²) in [5, 5.41) is 3.81. The molecule has 2 aromatic carbocycles. The molecule has 1 unspecified atom stereocenters. The van der Waals surface area contributed by atoms with Crippen molar-refractivity contribution in [1.82, 2.24) is 10.2 Å². The van der Waals surface area contributed by atoms with E-state index >= 15 is 0 Å². The zero-order valence-electron chi connectivity index (χ0n) is 14.4. The average molecular weight is 322 g/mol. The first-order valence-corrected chi connectivity index (χ1v) is 9.08. The molecule has 1 fully saturated rings. The molecule has 0 saturated carbocycles. The van der Waals surface area contributed by atoms with Crippen LogP contribution in [-0.4, -0.2) is 31.1 Å². The van der Waals surface area contributed by atoms with Gasteiger partial charge in [-0.25, -0.2) is 0 Å². The van der Waals surface area contributed by atoms with Gasteiger partial charge in [-0.1, -0.05) is 42.0 Å². The Morgan fingerprint density at radius 3 is 2.79 bits per heavy atom. The topological polar surface area (TPSA) is 24.5 Å². The molecule has 1 N–H and O–H groups in total. The van der Waals surface area contributed by atoms with Crippen molar-refractivity contribution >= 4 is 0 Å². The summed E-state index contributed by atoms with van der Waals surface area (Å²) >= 11 is 0. The molecule has 0 bridgehead atoms. The van der Waals surface area contributed by atoms with E-state index in [-0.39, 0.29) is 6.04 Å². The predicted octanol–water partition coefficient (Wildman–Crippen LogP) is 3.66. The molecule has 0 spiro atoms. The lowest BCUT2D eigenvalue weighted by atomic mass is 9.94. The van der Waals surface area contributed by atoms with Crippen LogP contribution < -0.4 is 10.1 Å². The Labute approximate surface area is 144 Å². The van der Waals surface area contributed by atoms with E-state index < -0.39 is 0 Å². The molecule has 2 aliphatic heterocycles. The van der Waals surface area contributed by atoms with E-state index in [1.54, 1.807) is 0 Å². The van der Waals surface area contributed by atoms with Gasteiger partial charge in [0.1, 0.15) is 12.4 Å². The van der Waals surface area contributed by atoms with Gasteiger partial charge in [-0.05, 0) is 50.0 Å². The van der Waals surface area contributed by atoms with Gasteiger partial charge in [-0.15, -0.1) is 0 Å². The van der Waals surface area contributed by atoms with Crippen molar-refractivity contribution in [1.29, 1.82) is 0 Å². The summed E-state index contributed by atoms with van der Waals surface area (Å²) < 4.78 is 6.09. The number of rotatable bonds is 4. The summed E-state index contributed by atoms with van der Waals surface area (Å²) in [7, 11) is 0. The number of hydrogen-bond acceptors (Lipinski definition) is 3. The molecule has 2 aliphatic rings. The quantitative estimate of drug-likeness (QED) is 0.930. The fraction of sp³-hybridized carbons (Fsp3) is 0.429. The lowest BCUT2D eigenvalue weighted by Crippen LogP contribution is -2.32. The van der Waals surface area contributed by atoms with Gasteiger partial charge in [0.15, 0.2) is 0 Å². The highest BCUT2D eigenvalue weighted by atomic mass is 16.5. The van der Waals surface area contributed by atoms with Crippen LogP contribution in [0.15, 0.2) is 42.5 Å². The molecular formula is C21H26N2O. The number of nitrogens with zero attached hydrogens (tertiary/aromatic N) is 1. The normalized spacial score (nSPS) is 20.1. The molecule has 4 rings (SSSR count). The molecule has 3 heteroatoms. The van der Waals surface area contributed by atoms with Crippen LogP contribution in [0.5, 0.6) is 5.75 Å². The van der Waals surface area contributed by atoms with Crippen molar-refractivity contribution in [3.8, 4) is 5.75 Å². The highest BCUT2D eigenvalue weighted by Gasteiger charge is 2.24. The van der Waals surface area contributed by atoms with E-state index in [1.165, 1.54) is 48.2 Å². The first-order chi connectivity index (χ1) is 11.8. The minimum absolute atomic E-state index is 0.209. The first-order valence-electron chi connectivity index (χ1n) is 9.08. The van der Waals surface area contributed by atoms with Crippen LogP contribution in [0.2, 0.25) is 0 Å². The number of hydrogen-bond donors (Lipinski definition) is 1. The molecule has 1 saturated heterocycles. The summed E-state index contributed by atoms with van der Waals surface area (Å²) in [5.74, 6) is 1.01. The summed E-state index contributed by atoms with van der Waals surface area (Å²) in [6.45, 7) is 7.44. The molecule has 1 atom stereocenters. The van der Waals surface area contributed by atoms with Gasteiger partial charge in [-0.3, -0.25) is 0 Å². The van der Waals surface area contributed by atoms with Crippen molar-refractivity contribution in [2.24, 2.45) is 0 Å². The highest BCUT2D eigenvalue weighted by Crippen LogP contribution is 2.36. The Morgan fingerprint density at radius 1 is 1.08 bits per heavy atom. The number of ether oxygens (including phenoxy) is 1. The standard InChI is InChI=1S/C21H26N2O/c1-16-8-9-20-19(14-16)21(22-10-13-23-11-4-5-12-23)18-7-3-2-6-17(18)15-24-20/h2-3,6-9,14,21-22H,4-5,10-13,15H2,1H3. The maximum atomic E-state index is 6.09. The largest absolute Gasteiger partial charge is 0.489 e. The highest BCUT2D eigenvalue weighted by molar-refractivity contribution is 5.47. The van der Waals surface area contributed by atoms with Gasteiger partial charge < -0.3 is 15.0 Å². The van der Waals surface area contributed by atoms with Crippen molar-refractivity contribution in [3.05, 3.63) is 64.7 Å². The van der Waals surface area contributed by atoms with Gasteiger partial charge in [-0.2, -0.15) is 0 Å². The predicted molar refractivity (Wildman–Crippen MR) is 97.5 cm³/mol. The summed E-state index contributed by atoms with van der Waals surface area (Å²) in [5.41, 5.74) is 5.18. The smallest absolute Gasteiger partial charge is 0.124 e. The maximum Gasteiger partial charge on any atom is 0.124 e. The Bertz CT molecular complexity index is 707. The van der Waals surface area contributed by atoms with Gasteiger partial charge in [0.25, 0.3) is 0 Å². The first kappa shape index (κ1) is 15.7. The molecular weight excluding hydrogens is 296 g/mol. The van der Waals surface area contributed by atoms with E-state index in [0.717, 1.165) is 18.8 Å². The van der Waals surface area contributed by atoms with E-state index in [2.05, 4.69) is 59.6 Å². The molecule has 126 valence electrons. The van der Waals surface area contributed by atoms with Gasteiger partial charge in [0.2, 0.25) is 0 Å². The molecule has 0 radical (unpaired) electrons. The van der Waals surface area contributed by atoms with E-state index in [0.29, 0.717) is 6.61 Å². The molecule has 0 aliphatic carbocycles. The van der Waals surface area contributed by atoms with E-state index in [9.17, 15) is 0 Å². The van der Waals surface area contributed by atoms with Gasteiger partial charge in [0.05, 0.1) is 6.04 Å². The van der Waals surface area contributed by atoms with Crippen LogP contribution in [0.1, 0.15) is 41.1 Å². The second kappa shape index (κ2) is 6.96. The average Bonchev–Trinajstić information content (AvgIpc) is 3.06. The lowest BCUT2D eigenvalue weighted by Gasteiger charge is -2.23. The number of fused-ring (bicyclic) bond motifs is 2. The zero-order valence-corrected chi connectivity index (χ0v) is 14.4. The third-order valence-corrected chi connectivity index (χ3v) is 5.20. The Hall–Kier alpha value is -1.84. The fourth-order valence-electron chi connectivity index (χ4n) is 3.89. The Morgan fingerprint density at radius 2 is 1.92 bits per heavy atom. The molecule has 0 aromatic heterocycles. The van der Waals surface area contributed by atoms with E-state index in [1.807, 2.05) is 0 Å². The van der Waals surface area contributed by atoms with Crippen LogP contribution in [0.25, 0.3) is 0 Å². The third-order valence-electron chi connectivity index (χ3n) is 5.20. The van der Waals surface area contributed by atoms with Crippen LogP contribution in [-0.2, 0) is 6.61 Å². The number of benzene rings is 2. The fourth-order valence-corrected chi connectivity index (χ4v) is 3.89. The lowest BCUT2D eigenvalue weighted by molar-refractivity contribution is 0.306. The molecule has 24 heavy (non-hydrogen) atoms. The molecule has 0 amide bonds. The maximum absolute atomic E-state index is 6.09. The van der Waals surface area contributed by atoms with Crippen molar-refractivity contribution in [2.75, 3.05) is 26.2 Å². The Kier molecular flexibility index (Phi) is 4.54. The SMILES string of the molecule is Cc1ccc2c(c1)C(NCCN1CCCC1)c1ccccc1CO2. The second-order valence-electron chi connectivity index (χ2n) is 6.96. The zero-order chi connectivity index (χ0) is 16.4. The minimum atomic E-state index is 0.209. The van der Waals surface area contributed by atoms with Crippen molar-refractivity contribution in [3.63, 3.8) is 0 Å². The monoisotopic (exact) mass is 322 g/mol. The summed E-state index contributed by atoms with van der Waals surface area (Å²) in [6.07, 6.45) is 2.70. The van der Waals surface area contributed by atoms with Crippen LogP contribution >= 0.6 is 0 Å². The van der Waals surface area contributed by atoms with Crippen LogP contribution in [0.3, 0.4) is 0 Å². The number of likely N-dealkylation sites (tertiary alicyclic amines) is 1.